The van der Waals surface area contributed by atoms with E-state index in [1.54, 1.807) is 0 Å². The molecule has 0 spiro atoms. The predicted octanol–water partition coefficient (Wildman–Crippen LogP) is 0.538. The van der Waals surface area contributed by atoms with Crippen LogP contribution in [0.25, 0.3) is 0 Å². The first-order chi connectivity index (χ1) is 8.07. The maximum absolute atomic E-state index is 11.6. The van der Waals surface area contributed by atoms with E-state index in [0.29, 0.717) is 0 Å². The molecule has 4 N–H and O–H groups in total. The van der Waals surface area contributed by atoms with Gasteiger partial charge in [-0.2, -0.15) is 0 Å². The molecule has 0 aromatic carbocycles. The maximum Gasteiger partial charge on any atom is 0.238 e. The highest BCUT2D eigenvalue weighted by Crippen LogP contribution is 2.26. The first kappa shape index (κ1) is 14.0. The predicted molar refractivity (Wildman–Crippen MR) is 67.1 cm³/mol. The van der Waals surface area contributed by atoms with Crippen LogP contribution >= 0.6 is 0 Å². The van der Waals surface area contributed by atoms with Gasteiger partial charge in [-0.3, -0.25) is 4.79 Å². The van der Waals surface area contributed by atoms with Crippen molar-refractivity contribution >= 4 is 5.91 Å². The molecule has 17 heavy (non-hydrogen) atoms. The average molecular weight is 238 g/mol. The molecule has 0 aromatic heterocycles. The van der Waals surface area contributed by atoms with Gasteiger partial charge < -0.3 is 16.2 Å². The summed E-state index contributed by atoms with van der Waals surface area (Å²) in [6.45, 7) is 0.282. The summed E-state index contributed by atoms with van der Waals surface area (Å²) < 4.78 is 0. The van der Waals surface area contributed by atoms with Gasteiger partial charge in [-0.05, 0) is 12.8 Å². The fourth-order valence-electron chi connectivity index (χ4n) is 2.17. The van der Waals surface area contributed by atoms with E-state index in [0.717, 1.165) is 38.5 Å². The second kappa shape index (κ2) is 6.63. The second-order valence-corrected chi connectivity index (χ2v) is 4.87. The maximum atomic E-state index is 11.6. The van der Waals surface area contributed by atoms with E-state index >= 15 is 0 Å². The van der Waals surface area contributed by atoms with Gasteiger partial charge in [0.15, 0.2) is 0 Å². The molecule has 1 atom stereocenters. The lowest BCUT2D eigenvalue weighted by molar-refractivity contribution is -0.123. The zero-order chi connectivity index (χ0) is 12.7. The lowest BCUT2D eigenvalue weighted by atomic mass is 9.94. The number of hydrogen-bond acceptors (Lipinski definition) is 3. The van der Waals surface area contributed by atoms with E-state index in [1.807, 2.05) is 0 Å². The van der Waals surface area contributed by atoms with Crippen molar-refractivity contribution in [2.45, 2.75) is 56.6 Å². The topological polar surface area (TPSA) is 75.4 Å². The number of terminal acetylenes is 1. The first-order valence-electron chi connectivity index (χ1n) is 6.26. The van der Waals surface area contributed by atoms with E-state index in [1.165, 1.54) is 0 Å². The Hall–Kier alpha value is -1.05. The van der Waals surface area contributed by atoms with Gasteiger partial charge in [0.05, 0.1) is 11.6 Å². The molecular formula is C13H22N2O2. The summed E-state index contributed by atoms with van der Waals surface area (Å²) in [5.74, 6) is 2.08. The van der Waals surface area contributed by atoms with Crippen LogP contribution in [0.4, 0.5) is 0 Å². The third-order valence-electron chi connectivity index (χ3n) is 3.30. The summed E-state index contributed by atoms with van der Waals surface area (Å²) in [6.07, 6.45) is 11.2. The zero-order valence-corrected chi connectivity index (χ0v) is 10.2. The van der Waals surface area contributed by atoms with E-state index in [2.05, 4.69) is 11.2 Å². The Kier molecular flexibility index (Phi) is 5.46. The van der Waals surface area contributed by atoms with Crippen LogP contribution in [0.3, 0.4) is 0 Å². The van der Waals surface area contributed by atoms with Crippen molar-refractivity contribution in [1.82, 2.24) is 5.32 Å². The van der Waals surface area contributed by atoms with Gasteiger partial charge in [0, 0.05) is 13.0 Å². The van der Waals surface area contributed by atoms with Crippen molar-refractivity contribution in [3.63, 3.8) is 0 Å². The first-order valence-corrected chi connectivity index (χ1v) is 6.26. The van der Waals surface area contributed by atoms with E-state index in [9.17, 15) is 9.90 Å². The summed E-state index contributed by atoms with van der Waals surface area (Å²) in [5.41, 5.74) is 4.82. The number of nitrogens with one attached hydrogen (secondary N) is 1. The molecule has 1 fully saturated rings. The van der Waals surface area contributed by atoms with Crippen LogP contribution in [0.15, 0.2) is 0 Å². The van der Waals surface area contributed by atoms with Crippen molar-refractivity contribution in [2.24, 2.45) is 5.73 Å². The monoisotopic (exact) mass is 238 g/mol. The number of rotatable bonds is 4. The number of aliphatic hydroxyl groups is 1. The van der Waals surface area contributed by atoms with Crippen molar-refractivity contribution in [3.05, 3.63) is 0 Å². The van der Waals surface area contributed by atoms with Gasteiger partial charge in [0.25, 0.3) is 0 Å². The molecule has 0 aromatic rings. The number of hydrogen-bond donors (Lipinski definition) is 3. The largest absolute Gasteiger partial charge is 0.388 e. The van der Waals surface area contributed by atoms with Gasteiger partial charge in [-0.25, -0.2) is 0 Å². The number of amides is 1. The number of carbonyl (C=O) groups excluding carboxylic acids is 1. The van der Waals surface area contributed by atoms with Gasteiger partial charge in [0.2, 0.25) is 5.91 Å². The molecule has 4 nitrogen and oxygen atoms in total. The van der Waals surface area contributed by atoms with Crippen LogP contribution in [0.1, 0.15) is 44.9 Å². The minimum Gasteiger partial charge on any atom is -0.388 e. The number of nitrogens with two attached hydrogens (primary N) is 1. The van der Waals surface area contributed by atoms with Crippen molar-refractivity contribution in [3.8, 4) is 12.3 Å². The Morgan fingerprint density at radius 3 is 2.53 bits per heavy atom. The normalized spacial score (nSPS) is 21.0. The van der Waals surface area contributed by atoms with Crippen molar-refractivity contribution in [2.75, 3.05) is 6.54 Å². The van der Waals surface area contributed by atoms with Crippen LogP contribution in [0.5, 0.6) is 0 Å². The Balaban J connectivity index is 2.38. The molecule has 0 heterocycles. The molecule has 96 valence electrons. The summed E-state index contributed by atoms with van der Waals surface area (Å²) >= 11 is 0. The van der Waals surface area contributed by atoms with Gasteiger partial charge >= 0.3 is 0 Å². The van der Waals surface area contributed by atoms with Crippen LogP contribution in [-0.2, 0) is 4.79 Å². The van der Waals surface area contributed by atoms with Crippen LogP contribution in [-0.4, -0.2) is 29.2 Å². The molecule has 1 unspecified atom stereocenters. The number of carbonyl (C=O) groups is 1. The highest BCUT2D eigenvalue weighted by atomic mass is 16.3. The Morgan fingerprint density at radius 1 is 1.41 bits per heavy atom. The lowest BCUT2D eigenvalue weighted by Gasteiger charge is -2.27. The molecule has 0 bridgehead atoms. The molecule has 1 amide bonds. The summed E-state index contributed by atoms with van der Waals surface area (Å²) in [7, 11) is 0. The fourth-order valence-corrected chi connectivity index (χ4v) is 2.17. The van der Waals surface area contributed by atoms with Crippen LogP contribution in [0.2, 0.25) is 0 Å². The van der Waals surface area contributed by atoms with E-state index in [-0.39, 0.29) is 18.9 Å². The molecule has 0 aliphatic heterocycles. The molecule has 1 aliphatic rings. The highest BCUT2D eigenvalue weighted by Gasteiger charge is 2.28. The van der Waals surface area contributed by atoms with Gasteiger partial charge in [0.1, 0.15) is 0 Å². The standard InChI is InChI=1S/C13H22N2O2/c1-2-7-11(14)12(16)15-10-13(17)8-5-3-4-6-9-13/h1,11,17H,3-10,14H2,(H,15,16). The SMILES string of the molecule is C#CCC(N)C(=O)NCC1(O)CCCCCC1. The fraction of sp³-hybridized carbons (Fsp3) is 0.769. The molecule has 0 saturated heterocycles. The molecule has 1 saturated carbocycles. The Morgan fingerprint density at radius 2 is 2.00 bits per heavy atom. The summed E-state index contributed by atoms with van der Waals surface area (Å²) in [4.78, 5) is 11.6. The molecule has 1 aliphatic carbocycles. The second-order valence-electron chi connectivity index (χ2n) is 4.87. The van der Waals surface area contributed by atoms with Crippen LogP contribution < -0.4 is 11.1 Å². The minimum atomic E-state index is -0.762. The van der Waals surface area contributed by atoms with Gasteiger partial charge in [-0.15, -0.1) is 12.3 Å². The van der Waals surface area contributed by atoms with Gasteiger partial charge in [-0.1, -0.05) is 25.7 Å². The minimum absolute atomic E-state index is 0.226. The van der Waals surface area contributed by atoms with Crippen molar-refractivity contribution in [1.29, 1.82) is 0 Å². The Bertz CT molecular complexity index is 288. The van der Waals surface area contributed by atoms with Crippen LogP contribution in [0, 0.1) is 12.3 Å². The third kappa shape index (κ3) is 4.76. The van der Waals surface area contributed by atoms with Crippen molar-refractivity contribution < 1.29 is 9.90 Å². The average Bonchev–Trinajstić information content (AvgIpc) is 2.52. The summed E-state index contributed by atoms with van der Waals surface area (Å²) in [5, 5.41) is 13.0. The van der Waals surface area contributed by atoms with E-state index in [4.69, 9.17) is 12.2 Å². The van der Waals surface area contributed by atoms with E-state index < -0.39 is 11.6 Å². The highest BCUT2D eigenvalue weighted by molar-refractivity contribution is 5.81. The molecule has 0 radical (unpaired) electrons. The summed E-state index contributed by atoms with van der Waals surface area (Å²) in [6, 6.07) is -0.672. The molecule has 1 rings (SSSR count). The molecular weight excluding hydrogens is 216 g/mol. The zero-order valence-electron chi connectivity index (χ0n) is 10.2. The Labute approximate surface area is 103 Å². The lowest BCUT2D eigenvalue weighted by Crippen LogP contribution is -2.48. The smallest absolute Gasteiger partial charge is 0.238 e. The quantitative estimate of drug-likeness (QED) is 0.494. The third-order valence-corrected chi connectivity index (χ3v) is 3.30. The molecule has 4 heteroatoms.